The van der Waals surface area contributed by atoms with Crippen LogP contribution in [-0.2, 0) is 4.74 Å². The van der Waals surface area contributed by atoms with Crippen molar-refractivity contribution in [2.45, 2.75) is 25.3 Å². The Kier molecular flexibility index (Phi) is 1.66. The molecule has 3 saturated heterocycles. The lowest BCUT2D eigenvalue weighted by Gasteiger charge is -2.27. The Morgan fingerprint density at radius 1 is 1.25 bits per heavy atom. The smallest absolute Gasteiger partial charge is 0.0512 e. The molecule has 3 heterocycles. The van der Waals surface area contributed by atoms with Crippen LogP contribution in [0.1, 0.15) is 19.3 Å². The van der Waals surface area contributed by atoms with E-state index in [1.54, 1.807) is 0 Å². The molecule has 0 aliphatic carbocycles. The highest BCUT2D eigenvalue weighted by Gasteiger charge is 2.44. The van der Waals surface area contributed by atoms with E-state index in [1.165, 1.54) is 32.4 Å². The predicted molar refractivity (Wildman–Crippen MR) is 47.0 cm³/mol. The molecule has 0 N–H and O–H groups in total. The third kappa shape index (κ3) is 0.944. The van der Waals surface area contributed by atoms with Crippen molar-refractivity contribution in [2.24, 2.45) is 11.8 Å². The Hall–Kier alpha value is -0.0800. The normalized spacial score (nSPS) is 47.5. The fourth-order valence-electron chi connectivity index (χ4n) is 3.32. The van der Waals surface area contributed by atoms with Gasteiger partial charge in [-0.05, 0) is 31.7 Å². The summed E-state index contributed by atoms with van der Waals surface area (Å²) in [5.41, 5.74) is 0. The molecule has 0 spiro atoms. The number of rotatable bonds is 0. The van der Waals surface area contributed by atoms with Crippen molar-refractivity contribution in [3.63, 3.8) is 0 Å². The number of fused-ring (bicyclic) bond motifs is 3. The molecule has 0 amide bonds. The molecule has 3 fully saturated rings. The topological polar surface area (TPSA) is 12.5 Å². The third-order valence-corrected chi connectivity index (χ3v) is 3.93. The van der Waals surface area contributed by atoms with Crippen LogP contribution in [0.3, 0.4) is 0 Å². The summed E-state index contributed by atoms with van der Waals surface area (Å²) in [6.45, 7) is 4.80. The van der Waals surface area contributed by atoms with Crippen molar-refractivity contribution in [3.05, 3.63) is 0 Å². The van der Waals surface area contributed by atoms with E-state index in [2.05, 4.69) is 4.90 Å². The van der Waals surface area contributed by atoms with Gasteiger partial charge in [-0.3, -0.25) is 4.90 Å². The fourth-order valence-corrected chi connectivity index (χ4v) is 3.32. The molecule has 0 aromatic carbocycles. The van der Waals surface area contributed by atoms with E-state index >= 15 is 0 Å². The summed E-state index contributed by atoms with van der Waals surface area (Å²) in [5, 5.41) is 0. The second-order valence-corrected chi connectivity index (χ2v) is 4.49. The zero-order valence-corrected chi connectivity index (χ0v) is 7.54. The highest BCUT2D eigenvalue weighted by molar-refractivity contribution is 4.97. The van der Waals surface area contributed by atoms with E-state index in [-0.39, 0.29) is 0 Å². The van der Waals surface area contributed by atoms with Gasteiger partial charge in [0, 0.05) is 25.1 Å². The van der Waals surface area contributed by atoms with Gasteiger partial charge < -0.3 is 4.74 Å². The Morgan fingerprint density at radius 2 is 2.25 bits per heavy atom. The minimum Gasteiger partial charge on any atom is -0.381 e. The first-order valence-corrected chi connectivity index (χ1v) is 5.27. The summed E-state index contributed by atoms with van der Waals surface area (Å²) in [7, 11) is 0. The van der Waals surface area contributed by atoms with Crippen LogP contribution in [0.25, 0.3) is 0 Å². The van der Waals surface area contributed by atoms with Crippen molar-refractivity contribution in [1.29, 1.82) is 0 Å². The molecular weight excluding hydrogens is 150 g/mol. The molecule has 0 radical (unpaired) electrons. The van der Waals surface area contributed by atoms with Crippen LogP contribution in [0.4, 0.5) is 0 Å². The van der Waals surface area contributed by atoms with Gasteiger partial charge in [0.15, 0.2) is 0 Å². The summed E-state index contributed by atoms with van der Waals surface area (Å²) >= 11 is 0. The summed E-state index contributed by atoms with van der Waals surface area (Å²) in [6, 6.07) is 0.898. The minimum atomic E-state index is 0.890. The summed E-state index contributed by atoms with van der Waals surface area (Å²) in [4.78, 5) is 2.70. The van der Waals surface area contributed by atoms with Crippen LogP contribution < -0.4 is 0 Å². The largest absolute Gasteiger partial charge is 0.381 e. The molecule has 68 valence electrons. The van der Waals surface area contributed by atoms with Crippen LogP contribution in [0.2, 0.25) is 0 Å². The van der Waals surface area contributed by atoms with Gasteiger partial charge in [0.05, 0.1) is 6.61 Å². The zero-order chi connectivity index (χ0) is 7.97. The van der Waals surface area contributed by atoms with Gasteiger partial charge in [-0.2, -0.15) is 0 Å². The van der Waals surface area contributed by atoms with E-state index in [4.69, 9.17) is 4.74 Å². The molecule has 3 aliphatic rings. The van der Waals surface area contributed by atoms with E-state index in [0.29, 0.717) is 0 Å². The van der Waals surface area contributed by atoms with Crippen molar-refractivity contribution in [3.8, 4) is 0 Å². The van der Waals surface area contributed by atoms with Crippen molar-refractivity contribution in [2.75, 3.05) is 26.3 Å². The van der Waals surface area contributed by atoms with Gasteiger partial charge in [-0.25, -0.2) is 0 Å². The number of ether oxygens (including phenoxy) is 1. The molecule has 3 rings (SSSR count). The van der Waals surface area contributed by atoms with Gasteiger partial charge in [0.25, 0.3) is 0 Å². The van der Waals surface area contributed by atoms with E-state index < -0.39 is 0 Å². The molecule has 0 bridgehead atoms. The zero-order valence-electron chi connectivity index (χ0n) is 7.54. The summed E-state index contributed by atoms with van der Waals surface area (Å²) < 4.78 is 5.56. The van der Waals surface area contributed by atoms with Crippen LogP contribution in [0.5, 0.6) is 0 Å². The number of nitrogens with zero attached hydrogens (tertiary/aromatic N) is 1. The molecule has 2 heteroatoms. The molecule has 0 saturated carbocycles. The lowest BCUT2D eigenvalue weighted by molar-refractivity contribution is 0.0257. The SMILES string of the molecule is C1CC2C3COCCC3CN2C1. The second-order valence-electron chi connectivity index (χ2n) is 4.49. The lowest BCUT2D eigenvalue weighted by atomic mass is 9.86. The monoisotopic (exact) mass is 167 g/mol. The maximum absolute atomic E-state index is 5.56. The highest BCUT2D eigenvalue weighted by atomic mass is 16.5. The van der Waals surface area contributed by atoms with Gasteiger partial charge in [0.1, 0.15) is 0 Å². The van der Waals surface area contributed by atoms with Crippen molar-refractivity contribution < 1.29 is 4.74 Å². The first-order chi connectivity index (χ1) is 5.95. The number of hydrogen-bond donors (Lipinski definition) is 0. The Balaban J connectivity index is 1.79. The first kappa shape index (κ1) is 7.34. The molecular formula is C10H17NO. The maximum atomic E-state index is 5.56. The Labute approximate surface area is 73.9 Å². The molecule has 0 aromatic heterocycles. The predicted octanol–water partition coefficient (Wildman–Crippen LogP) is 1.12. The van der Waals surface area contributed by atoms with Gasteiger partial charge in [-0.1, -0.05) is 0 Å². The Bertz CT molecular complexity index is 183. The van der Waals surface area contributed by atoms with Gasteiger partial charge in [0.2, 0.25) is 0 Å². The van der Waals surface area contributed by atoms with E-state index in [9.17, 15) is 0 Å². The average molecular weight is 167 g/mol. The molecule has 3 atom stereocenters. The van der Waals surface area contributed by atoms with Crippen molar-refractivity contribution in [1.82, 2.24) is 4.90 Å². The van der Waals surface area contributed by atoms with Gasteiger partial charge >= 0.3 is 0 Å². The molecule has 2 nitrogen and oxygen atoms in total. The summed E-state index contributed by atoms with van der Waals surface area (Å²) in [6.07, 6.45) is 4.18. The van der Waals surface area contributed by atoms with Gasteiger partial charge in [-0.15, -0.1) is 0 Å². The molecule has 12 heavy (non-hydrogen) atoms. The van der Waals surface area contributed by atoms with E-state index in [0.717, 1.165) is 31.1 Å². The second kappa shape index (κ2) is 2.71. The van der Waals surface area contributed by atoms with Crippen LogP contribution in [0, 0.1) is 11.8 Å². The third-order valence-electron chi connectivity index (χ3n) is 3.93. The van der Waals surface area contributed by atoms with Crippen LogP contribution in [-0.4, -0.2) is 37.2 Å². The maximum Gasteiger partial charge on any atom is 0.0512 e. The van der Waals surface area contributed by atoms with Crippen LogP contribution >= 0.6 is 0 Å². The average Bonchev–Trinajstić information content (AvgIpc) is 2.62. The first-order valence-electron chi connectivity index (χ1n) is 5.27. The van der Waals surface area contributed by atoms with E-state index in [1.807, 2.05) is 0 Å². The molecule has 3 aliphatic heterocycles. The highest BCUT2D eigenvalue weighted by Crippen LogP contribution is 2.40. The molecule has 0 aromatic rings. The standard InChI is InChI=1S/C10H17NO/c1-2-10-9-7-12-5-3-8(9)6-11(10)4-1/h8-10H,1-7H2. The number of hydrogen-bond acceptors (Lipinski definition) is 2. The minimum absolute atomic E-state index is 0.890. The molecule has 3 unspecified atom stereocenters. The van der Waals surface area contributed by atoms with Crippen molar-refractivity contribution >= 4 is 0 Å². The van der Waals surface area contributed by atoms with Crippen LogP contribution in [0.15, 0.2) is 0 Å². The summed E-state index contributed by atoms with van der Waals surface area (Å²) in [5.74, 6) is 1.87. The quantitative estimate of drug-likeness (QED) is 0.536. The fraction of sp³-hybridized carbons (Fsp3) is 1.00. The Morgan fingerprint density at radius 3 is 3.25 bits per heavy atom. The lowest BCUT2D eigenvalue weighted by Crippen LogP contribution is -2.31.